The smallest absolute Gasteiger partial charge is 0.274 e. The molecule has 2 aromatic heterocycles. The van der Waals surface area contributed by atoms with Gasteiger partial charge in [-0.25, -0.2) is 9.37 Å². The highest BCUT2D eigenvalue weighted by Crippen LogP contribution is 2.38. The molecule has 1 amide bonds. The normalized spacial score (nSPS) is 16.4. The first-order chi connectivity index (χ1) is 16.4. The monoisotopic (exact) mass is 484 g/mol. The SMILES string of the molecule is CC1CN(c2ccc(C(=O)Nc3cc(F)c4nn(C)cc4c3)c3nc(OCCO)sc23)CCN1. The molecule has 0 radical (unpaired) electrons. The summed E-state index contributed by atoms with van der Waals surface area (Å²) in [5.41, 5.74) is 2.45. The van der Waals surface area contributed by atoms with Crippen LogP contribution in [-0.4, -0.2) is 64.7 Å². The van der Waals surface area contributed by atoms with E-state index in [9.17, 15) is 9.18 Å². The van der Waals surface area contributed by atoms with Crippen molar-refractivity contribution in [2.75, 3.05) is 43.1 Å². The Hall–Kier alpha value is -3.28. The molecule has 11 heteroatoms. The van der Waals surface area contributed by atoms with Gasteiger partial charge in [0.1, 0.15) is 17.6 Å². The zero-order chi connectivity index (χ0) is 23.8. The lowest BCUT2D eigenvalue weighted by Crippen LogP contribution is -2.49. The minimum atomic E-state index is -0.505. The van der Waals surface area contributed by atoms with E-state index in [2.05, 4.69) is 32.5 Å². The Bertz CT molecular complexity index is 1370. The first-order valence-corrected chi connectivity index (χ1v) is 11.8. The number of carbonyl (C=O) groups is 1. The molecule has 0 aliphatic carbocycles. The number of piperazine rings is 1. The van der Waals surface area contributed by atoms with E-state index >= 15 is 0 Å². The maximum atomic E-state index is 14.5. The van der Waals surface area contributed by atoms with Gasteiger partial charge in [-0.3, -0.25) is 9.48 Å². The summed E-state index contributed by atoms with van der Waals surface area (Å²) >= 11 is 1.35. The second kappa shape index (κ2) is 9.16. The molecule has 9 nitrogen and oxygen atoms in total. The number of halogens is 1. The second-order valence-electron chi connectivity index (χ2n) is 8.32. The maximum absolute atomic E-state index is 14.5. The van der Waals surface area contributed by atoms with Crippen LogP contribution in [0.5, 0.6) is 5.19 Å². The number of aryl methyl sites for hydroxylation is 1. The van der Waals surface area contributed by atoms with Gasteiger partial charge in [-0.1, -0.05) is 11.3 Å². The molecular weight excluding hydrogens is 459 g/mol. The molecule has 2 aromatic carbocycles. The molecule has 0 saturated carbocycles. The fraction of sp³-hybridized carbons (Fsp3) is 0.348. The zero-order valence-electron chi connectivity index (χ0n) is 18.8. The van der Waals surface area contributed by atoms with E-state index in [0.29, 0.717) is 33.4 Å². The summed E-state index contributed by atoms with van der Waals surface area (Å²) in [6.07, 6.45) is 1.70. The van der Waals surface area contributed by atoms with Crippen LogP contribution in [0.2, 0.25) is 0 Å². The lowest BCUT2D eigenvalue weighted by Gasteiger charge is -2.34. The summed E-state index contributed by atoms with van der Waals surface area (Å²) in [4.78, 5) is 20.1. The van der Waals surface area contributed by atoms with Crippen molar-refractivity contribution in [3.63, 3.8) is 0 Å². The molecule has 34 heavy (non-hydrogen) atoms. The molecule has 5 rings (SSSR count). The van der Waals surface area contributed by atoms with Gasteiger partial charge in [-0.05, 0) is 31.2 Å². The van der Waals surface area contributed by atoms with Crippen LogP contribution in [0.15, 0.2) is 30.5 Å². The number of rotatable bonds is 6. The molecule has 1 aliphatic rings. The molecule has 0 bridgehead atoms. The van der Waals surface area contributed by atoms with Crippen molar-refractivity contribution in [2.45, 2.75) is 13.0 Å². The lowest BCUT2D eigenvalue weighted by molar-refractivity contribution is 0.102. The zero-order valence-corrected chi connectivity index (χ0v) is 19.7. The van der Waals surface area contributed by atoms with Crippen molar-refractivity contribution >= 4 is 49.7 Å². The summed E-state index contributed by atoms with van der Waals surface area (Å²) in [5, 5.41) is 20.4. The predicted molar refractivity (Wildman–Crippen MR) is 131 cm³/mol. The van der Waals surface area contributed by atoms with Crippen molar-refractivity contribution in [3.8, 4) is 5.19 Å². The van der Waals surface area contributed by atoms with Crippen LogP contribution < -0.4 is 20.3 Å². The third-order valence-electron chi connectivity index (χ3n) is 5.71. The van der Waals surface area contributed by atoms with Crippen molar-refractivity contribution in [1.82, 2.24) is 20.1 Å². The number of thiazole rings is 1. The van der Waals surface area contributed by atoms with Crippen molar-refractivity contribution in [2.24, 2.45) is 7.05 Å². The molecule has 3 heterocycles. The molecule has 3 N–H and O–H groups in total. The number of hydrogen-bond donors (Lipinski definition) is 3. The summed E-state index contributed by atoms with van der Waals surface area (Å²) in [6.45, 7) is 4.64. The topological polar surface area (TPSA) is 105 Å². The van der Waals surface area contributed by atoms with Crippen LogP contribution in [0.25, 0.3) is 21.1 Å². The number of nitrogens with zero attached hydrogens (tertiary/aromatic N) is 4. The summed E-state index contributed by atoms with van der Waals surface area (Å²) in [7, 11) is 1.72. The minimum Gasteiger partial charge on any atom is -0.468 e. The van der Waals surface area contributed by atoms with Crippen molar-refractivity contribution < 1.29 is 19.0 Å². The van der Waals surface area contributed by atoms with Gasteiger partial charge >= 0.3 is 0 Å². The second-order valence-corrected chi connectivity index (χ2v) is 9.28. The van der Waals surface area contributed by atoms with Crippen molar-refractivity contribution in [3.05, 3.63) is 41.8 Å². The molecule has 1 unspecified atom stereocenters. The molecule has 4 aromatic rings. The van der Waals surface area contributed by atoms with Gasteiger partial charge in [-0.15, -0.1) is 0 Å². The number of aliphatic hydroxyl groups excluding tert-OH is 1. The van der Waals surface area contributed by atoms with E-state index in [1.165, 1.54) is 22.1 Å². The first-order valence-electron chi connectivity index (χ1n) is 11.0. The largest absolute Gasteiger partial charge is 0.468 e. The predicted octanol–water partition coefficient (Wildman–Crippen LogP) is 2.74. The van der Waals surface area contributed by atoms with Gasteiger partial charge in [0.05, 0.1) is 22.6 Å². The van der Waals surface area contributed by atoms with Crippen LogP contribution >= 0.6 is 11.3 Å². The Balaban J connectivity index is 1.51. The Morgan fingerprint density at radius 3 is 3.03 bits per heavy atom. The van der Waals surface area contributed by atoms with Gasteiger partial charge in [0.2, 0.25) is 0 Å². The third kappa shape index (κ3) is 4.29. The highest BCUT2D eigenvalue weighted by Gasteiger charge is 2.23. The number of ether oxygens (including phenoxy) is 1. The number of anilines is 2. The van der Waals surface area contributed by atoms with E-state index in [-0.39, 0.29) is 18.7 Å². The molecule has 1 aliphatic heterocycles. The summed E-state index contributed by atoms with van der Waals surface area (Å²) in [5.74, 6) is -0.901. The van der Waals surface area contributed by atoms with Crippen LogP contribution in [0.1, 0.15) is 17.3 Å². The lowest BCUT2D eigenvalue weighted by atomic mass is 10.1. The number of hydrogen-bond acceptors (Lipinski definition) is 8. The van der Waals surface area contributed by atoms with Crippen LogP contribution in [0, 0.1) is 5.82 Å². The van der Waals surface area contributed by atoms with Crippen LogP contribution in [0.4, 0.5) is 15.8 Å². The molecule has 1 fully saturated rings. The number of aliphatic hydroxyl groups is 1. The molecule has 1 atom stereocenters. The van der Waals surface area contributed by atoms with E-state index in [1.807, 2.05) is 6.07 Å². The highest BCUT2D eigenvalue weighted by atomic mass is 32.1. The molecule has 0 spiro atoms. The number of nitrogens with one attached hydrogen (secondary N) is 2. The number of benzene rings is 2. The molecule has 178 valence electrons. The summed E-state index contributed by atoms with van der Waals surface area (Å²) in [6, 6.07) is 6.95. The molecular formula is C23H25FN6O3S. The number of aromatic nitrogens is 3. The highest BCUT2D eigenvalue weighted by molar-refractivity contribution is 7.21. The van der Waals surface area contributed by atoms with Gasteiger partial charge in [0.15, 0.2) is 5.82 Å². The summed E-state index contributed by atoms with van der Waals surface area (Å²) < 4.78 is 22.4. The van der Waals surface area contributed by atoms with Crippen molar-refractivity contribution in [1.29, 1.82) is 0 Å². The Kier molecular flexibility index (Phi) is 6.07. The van der Waals surface area contributed by atoms with E-state index in [1.54, 1.807) is 25.4 Å². The first kappa shape index (κ1) is 22.5. The Morgan fingerprint density at radius 2 is 2.24 bits per heavy atom. The van der Waals surface area contributed by atoms with E-state index < -0.39 is 11.7 Å². The third-order valence-corrected chi connectivity index (χ3v) is 6.70. The fourth-order valence-electron chi connectivity index (χ4n) is 4.23. The number of carbonyl (C=O) groups excluding carboxylic acids is 1. The van der Waals surface area contributed by atoms with Gasteiger partial charge < -0.3 is 25.4 Å². The minimum absolute atomic E-state index is 0.117. The fourth-order valence-corrected chi connectivity index (χ4v) is 5.24. The quantitative estimate of drug-likeness (QED) is 0.387. The van der Waals surface area contributed by atoms with Gasteiger partial charge in [0.25, 0.3) is 11.1 Å². The molecule has 1 saturated heterocycles. The van der Waals surface area contributed by atoms with Gasteiger partial charge in [-0.2, -0.15) is 5.10 Å². The maximum Gasteiger partial charge on any atom is 0.274 e. The van der Waals surface area contributed by atoms with Crippen LogP contribution in [0.3, 0.4) is 0 Å². The number of fused-ring (bicyclic) bond motifs is 2. The van der Waals surface area contributed by atoms with E-state index in [4.69, 9.17) is 9.84 Å². The Morgan fingerprint density at radius 1 is 1.38 bits per heavy atom. The standard InChI is InChI=1S/C23H25FN6O3S/c1-13-11-30(6-5-25-13)18-4-3-16(20-21(18)34-23(27-20)33-8-7-31)22(32)26-15-9-14-12-29(2)28-19(14)17(24)10-15/h3-4,9-10,12-13,25,31H,5-8,11H2,1-2H3,(H,26,32). The van der Waals surface area contributed by atoms with Crippen LogP contribution in [-0.2, 0) is 7.05 Å². The average molecular weight is 485 g/mol. The van der Waals surface area contributed by atoms with E-state index in [0.717, 1.165) is 30.0 Å². The average Bonchev–Trinajstić information content (AvgIpc) is 3.40. The van der Waals surface area contributed by atoms with Gasteiger partial charge in [0, 0.05) is 50.0 Å². The Labute approximate surface area is 199 Å². The number of amides is 1.